The highest BCUT2D eigenvalue weighted by Crippen LogP contribution is 2.24. The van der Waals surface area contributed by atoms with Gasteiger partial charge in [0.15, 0.2) is 0 Å². The molecular weight excluding hydrogens is 240 g/mol. The molecule has 1 unspecified atom stereocenters. The molecule has 1 aliphatic heterocycles. The van der Waals surface area contributed by atoms with Crippen LogP contribution in [-0.2, 0) is 11.3 Å². The highest BCUT2D eigenvalue weighted by molar-refractivity contribution is 5.40. The largest absolute Gasteiger partial charge is 0.496 e. The first-order chi connectivity index (χ1) is 9.22. The maximum atomic E-state index is 5.76. The second-order valence-electron chi connectivity index (χ2n) is 5.25. The van der Waals surface area contributed by atoms with Gasteiger partial charge in [0.1, 0.15) is 5.75 Å². The van der Waals surface area contributed by atoms with Gasteiger partial charge in [0, 0.05) is 23.9 Å². The summed E-state index contributed by atoms with van der Waals surface area (Å²) in [4.78, 5) is 4.44. The predicted molar refractivity (Wildman–Crippen MR) is 75.5 cm³/mol. The quantitative estimate of drug-likeness (QED) is 0.800. The number of ether oxygens (including phenoxy) is 2. The molecule has 1 aromatic rings. The van der Waals surface area contributed by atoms with E-state index in [2.05, 4.69) is 10.3 Å². The molecule has 0 saturated carbocycles. The van der Waals surface area contributed by atoms with Gasteiger partial charge >= 0.3 is 0 Å². The molecule has 1 aromatic heterocycles. The molecule has 1 N–H and O–H groups in total. The van der Waals surface area contributed by atoms with Gasteiger partial charge < -0.3 is 14.8 Å². The van der Waals surface area contributed by atoms with Crippen molar-refractivity contribution in [2.45, 2.75) is 33.3 Å². The maximum absolute atomic E-state index is 5.76. The Hall–Kier alpha value is -1.13. The summed E-state index contributed by atoms with van der Waals surface area (Å²) in [7, 11) is 1.70. The summed E-state index contributed by atoms with van der Waals surface area (Å²) in [6.07, 6.45) is 4.26. The first-order valence-corrected chi connectivity index (χ1v) is 7.00. The van der Waals surface area contributed by atoms with Crippen LogP contribution in [0.5, 0.6) is 5.75 Å². The SMILES string of the molecule is COc1c(C)cnc(COCCC2CCNC2)c1C. The van der Waals surface area contributed by atoms with Crippen LogP contribution < -0.4 is 10.1 Å². The van der Waals surface area contributed by atoms with E-state index in [4.69, 9.17) is 9.47 Å². The number of methoxy groups -OCH3 is 1. The van der Waals surface area contributed by atoms with E-state index < -0.39 is 0 Å². The summed E-state index contributed by atoms with van der Waals surface area (Å²) < 4.78 is 11.2. The molecule has 2 rings (SSSR count). The van der Waals surface area contributed by atoms with Gasteiger partial charge in [-0.25, -0.2) is 0 Å². The van der Waals surface area contributed by atoms with Crippen LogP contribution in [0.1, 0.15) is 29.7 Å². The monoisotopic (exact) mass is 264 g/mol. The number of nitrogens with zero attached hydrogens (tertiary/aromatic N) is 1. The standard InChI is InChI=1S/C15H24N2O2/c1-11-8-17-14(12(2)15(11)18-3)10-19-7-5-13-4-6-16-9-13/h8,13,16H,4-7,9-10H2,1-3H3. The fraction of sp³-hybridized carbons (Fsp3) is 0.667. The third-order valence-electron chi connectivity index (χ3n) is 3.82. The van der Waals surface area contributed by atoms with E-state index in [1.54, 1.807) is 7.11 Å². The van der Waals surface area contributed by atoms with E-state index in [1.807, 2.05) is 20.0 Å². The minimum Gasteiger partial charge on any atom is -0.496 e. The lowest BCUT2D eigenvalue weighted by Gasteiger charge is -2.13. The van der Waals surface area contributed by atoms with Gasteiger partial charge in [-0.15, -0.1) is 0 Å². The summed E-state index contributed by atoms with van der Waals surface area (Å²) in [6, 6.07) is 0. The summed E-state index contributed by atoms with van der Waals surface area (Å²) in [5.41, 5.74) is 3.14. The van der Waals surface area contributed by atoms with Gasteiger partial charge in [0.2, 0.25) is 0 Å². The van der Waals surface area contributed by atoms with Crippen LogP contribution in [0.2, 0.25) is 0 Å². The average molecular weight is 264 g/mol. The molecule has 0 amide bonds. The van der Waals surface area contributed by atoms with Gasteiger partial charge in [-0.3, -0.25) is 4.98 Å². The summed E-state index contributed by atoms with van der Waals surface area (Å²) >= 11 is 0. The predicted octanol–water partition coefficient (Wildman–Crippen LogP) is 2.22. The van der Waals surface area contributed by atoms with Gasteiger partial charge in [-0.05, 0) is 45.7 Å². The Labute approximate surface area is 115 Å². The van der Waals surface area contributed by atoms with Crippen molar-refractivity contribution in [1.29, 1.82) is 0 Å². The second kappa shape index (κ2) is 6.87. The van der Waals surface area contributed by atoms with Crippen molar-refractivity contribution < 1.29 is 9.47 Å². The molecule has 106 valence electrons. The lowest BCUT2D eigenvalue weighted by atomic mass is 10.1. The third-order valence-corrected chi connectivity index (χ3v) is 3.82. The molecule has 4 heteroatoms. The van der Waals surface area contributed by atoms with Crippen molar-refractivity contribution in [3.63, 3.8) is 0 Å². The molecule has 0 aromatic carbocycles. The minimum absolute atomic E-state index is 0.572. The molecule has 1 aliphatic rings. The lowest BCUT2D eigenvalue weighted by molar-refractivity contribution is 0.106. The highest BCUT2D eigenvalue weighted by atomic mass is 16.5. The molecule has 4 nitrogen and oxygen atoms in total. The Balaban J connectivity index is 1.82. The normalized spacial score (nSPS) is 18.8. The van der Waals surface area contributed by atoms with Crippen molar-refractivity contribution >= 4 is 0 Å². The summed E-state index contributed by atoms with van der Waals surface area (Å²) in [5, 5.41) is 3.38. The zero-order valence-electron chi connectivity index (χ0n) is 12.2. The number of rotatable bonds is 6. The first-order valence-electron chi connectivity index (χ1n) is 7.00. The smallest absolute Gasteiger partial charge is 0.128 e. The first kappa shape index (κ1) is 14.3. The van der Waals surface area contributed by atoms with Crippen molar-refractivity contribution in [1.82, 2.24) is 10.3 Å². The van der Waals surface area contributed by atoms with Crippen LogP contribution in [0, 0.1) is 19.8 Å². The molecule has 0 spiro atoms. The van der Waals surface area contributed by atoms with Crippen molar-refractivity contribution in [2.75, 3.05) is 26.8 Å². The van der Waals surface area contributed by atoms with E-state index in [0.717, 1.165) is 54.6 Å². The van der Waals surface area contributed by atoms with Crippen LogP contribution in [0.3, 0.4) is 0 Å². The van der Waals surface area contributed by atoms with Gasteiger partial charge in [-0.2, -0.15) is 0 Å². The zero-order chi connectivity index (χ0) is 13.7. The van der Waals surface area contributed by atoms with Crippen LogP contribution in [0.15, 0.2) is 6.20 Å². The highest BCUT2D eigenvalue weighted by Gasteiger charge is 2.14. The van der Waals surface area contributed by atoms with E-state index >= 15 is 0 Å². The molecule has 19 heavy (non-hydrogen) atoms. The summed E-state index contributed by atoms with van der Waals surface area (Å²) in [5.74, 6) is 1.70. The topological polar surface area (TPSA) is 43.4 Å². The molecule has 1 fully saturated rings. The van der Waals surface area contributed by atoms with Gasteiger partial charge in [-0.1, -0.05) is 0 Å². The number of hydrogen-bond acceptors (Lipinski definition) is 4. The minimum atomic E-state index is 0.572. The van der Waals surface area contributed by atoms with Crippen molar-refractivity contribution in [3.05, 3.63) is 23.0 Å². The third kappa shape index (κ3) is 3.67. The van der Waals surface area contributed by atoms with Crippen LogP contribution in [0.25, 0.3) is 0 Å². The van der Waals surface area contributed by atoms with Crippen molar-refractivity contribution in [3.8, 4) is 5.75 Å². The molecular formula is C15H24N2O2. The fourth-order valence-corrected chi connectivity index (χ4v) is 2.60. The average Bonchev–Trinajstić information content (AvgIpc) is 2.90. The Morgan fingerprint density at radius 3 is 2.95 bits per heavy atom. The number of nitrogens with one attached hydrogen (secondary N) is 1. The second-order valence-corrected chi connectivity index (χ2v) is 5.25. The van der Waals surface area contributed by atoms with E-state index in [1.165, 1.54) is 6.42 Å². The Bertz CT molecular complexity index is 415. The Morgan fingerprint density at radius 1 is 1.42 bits per heavy atom. The number of aromatic nitrogens is 1. The molecule has 1 saturated heterocycles. The maximum Gasteiger partial charge on any atom is 0.128 e. The van der Waals surface area contributed by atoms with Crippen molar-refractivity contribution in [2.24, 2.45) is 5.92 Å². The van der Waals surface area contributed by atoms with Gasteiger partial charge in [0.05, 0.1) is 19.4 Å². The molecule has 2 heterocycles. The zero-order valence-corrected chi connectivity index (χ0v) is 12.2. The Kier molecular flexibility index (Phi) is 5.16. The van der Waals surface area contributed by atoms with Crippen LogP contribution >= 0.6 is 0 Å². The summed E-state index contributed by atoms with van der Waals surface area (Å²) in [6.45, 7) is 7.72. The van der Waals surface area contributed by atoms with Crippen LogP contribution in [0.4, 0.5) is 0 Å². The lowest BCUT2D eigenvalue weighted by Crippen LogP contribution is -2.11. The number of hydrogen-bond donors (Lipinski definition) is 1. The van der Waals surface area contributed by atoms with E-state index in [9.17, 15) is 0 Å². The van der Waals surface area contributed by atoms with Crippen LogP contribution in [-0.4, -0.2) is 31.8 Å². The molecule has 1 atom stereocenters. The Morgan fingerprint density at radius 2 is 2.26 bits per heavy atom. The van der Waals surface area contributed by atoms with E-state index in [0.29, 0.717) is 6.61 Å². The van der Waals surface area contributed by atoms with Gasteiger partial charge in [0.25, 0.3) is 0 Å². The molecule has 0 bridgehead atoms. The number of pyridine rings is 1. The molecule has 0 aliphatic carbocycles. The molecule has 0 radical (unpaired) electrons. The fourth-order valence-electron chi connectivity index (χ4n) is 2.60. The van der Waals surface area contributed by atoms with E-state index in [-0.39, 0.29) is 0 Å². The number of aryl methyl sites for hydroxylation is 1.